The minimum Gasteiger partial charge on any atom is -0.481 e. The molecule has 1 aromatic heterocycles. The highest BCUT2D eigenvalue weighted by molar-refractivity contribution is 9.09. The first kappa shape index (κ1) is 12.2. The lowest BCUT2D eigenvalue weighted by atomic mass is 10.4. The number of ether oxygens (including phenoxy) is 1. The van der Waals surface area contributed by atoms with Crippen LogP contribution < -0.4 is 9.64 Å². The zero-order chi connectivity index (χ0) is 11.1. The quantitative estimate of drug-likeness (QED) is 0.744. The molecular formula is C10H16BrN3O. The summed E-state index contributed by atoms with van der Waals surface area (Å²) in [5, 5.41) is 0.910. The van der Waals surface area contributed by atoms with Gasteiger partial charge in [-0.1, -0.05) is 22.9 Å². The maximum absolute atomic E-state index is 5.07. The molecule has 1 heterocycles. The number of alkyl halides is 1. The molecule has 15 heavy (non-hydrogen) atoms. The average molecular weight is 274 g/mol. The molecule has 0 spiro atoms. The summed E-state index contributed by atoms with van der Waals surface area (Å²) in [7, 11) is 1.61. The molecule has 1 rings (SSSR count). The lowest BCUT2D eigenvalue weighted by Gasteiger charge is -2.20. The Hall–Kier alpha value is -0.840. The van der Waals surface area contributed by atoms with Crippen LogP contribution in [0.5, 0.6) is 5.88 Å². The second-order valence-corrected chi connectivity index (χ2v) is 3.87. The molecule has 1 aromatic rings. The Morgan fingerprint density at radius 2 is 2.27 bits per heavy atom. The largest absolute Gasteiger partial charge is 0.481 e. The van der Waals surface area contributed by atoms with Crippen molar-refractivity contribution in [3.05, 3.63) is 12.3 Å². The third-order valence-corrected chi connectivity index (χ3v) is 2.31. The van der Waals surface area contributed by atoms with Gasteiger partial charge in [-0.15, -0.1) is 0 Å². The minimum atomic E-state index is 0.607. The van der Waals surface area contributed by atoms with Crippen molar-refractivity contribution in [1.29, 1.82) is 0 Å². The maximum Gasteiger partial charge on any atom is 0.228 e. The van der Waals surface area contributed by atoms with E-state index in [1.807, 2.05) is 0 Å². The second-order valence-electron chi connectivity index (χ2n) is 3.08. The Morgan fingerprint density at radius 1 is 1.47 bits per heavy atom. The van der Waals surface area contributed by atoms with Crippen molar-refractivity contribution >= 4 is 21.9 Å². The molecule has 0 N–H and O–H groups in total. The number of rotatable bonds is 6. The van der Waals surface area contributed by atoms with Crippen molar-refractivity contribution in [2.45, 2.75) is 13.3 Å². The summed E-state index contributed by atoms with van der Waals surface area (Å²) in [6.45, 7) is 4.00. The fraction of sp³-hybridized carbons (Fsp3) is 0.600. The molecule has 84 valence electrons. The summed E-state index contributed by atoms with van der Waals surface area (Å²) in [5.74, 6) is 1.34. The Kier molecular flexibility index (Phi) is 5.39. The summed E-state index contributed by atoms with van der Waals surface area (Å²) in [6.07, 6.45) is 2.80. The van der Waals surface area contributed by atoms with E-state index in [1.54, 1.807) is 19.4 Å². The van der Waals surface area contributed by atoms with Crippen LogP contribution in [0.2, 0.25) is 0 Å². The number of aromatic nitrogens is 2. The molecule has 0 fully saturated rings. The minimum absolute atomic E-state index is 0.607. The molecule has 0 saturated heterocycles. The van der Waals surface area contributed by atoms with Gasteiger partial charge in [0.1, 0.15) is 0 Å². The van der Waals surface area contributed by atoms with Gasteiger partial charge in [0.2, 0.25) is 11.8 Å². The summed E-state index contributed by atoms with van der Waals surface area (Å²) in [5.41, 5.74) is 0. The number of anilines is 1. The predicted molar refractivity (Wildman–Crippen MR) is 64.9 cm³/mol. The van der Waals surface area contributed by atoms with Gasteiger partial charge >= 0.3 is 0 Å². The third-order valence-electron chi connectivity index (χ3n) is 1.96. The lowest BCUT2D eigenvalue weighted by Crippen LogP contribution is -2.28. The van der Waals surface area contributed by atoms with Gasteiger partial charge in [-0.2, -0.15) is 4.98 Å². The van der Waals surface area contributed by atoms with Gasteiger partial charge < -0.3 is 9.64 Å². The second kappa shape index (κ2) is 6.61. The number of methoxy groups -OCH3 is 1. The van der Waals surface area contributed by atoms with Gasteiger partial charge in [0, 0.05) is 30.7 Å². The van der Waals surface area contributed by atoms with E-state index in [9.17, 15) is 0 Å². The van der Waals surface area contributed by atoms with Crippen molar-refractivity contribution in [1.82, 2.24) is 9.97 Å². The Balaban J connectivity index is 2.79. The fourth-order valence-electron chi connectivity index (χ4n) is 1.28. The van der Waals surface area contributed by atoms with E-state index >= 15 is 0 Å². The van der Waals surface area contributed by atoms with Crippen LogP contribution in [0.4, 0.5) is 5.95 Å². The van der Waals surface area contributed by atoms with Crippen molar-refractivity contribution in [2.75, 3.05) is 30.4 Å². The van der Waals surface area contributed by atoms with Crippen LogP contribution in [0.1, 0.15) is 13.3 Å². The Labute approximate surface area is 98.8 Å². The van der Waals surface area contributed by atoms with E-state index in [1.165, 1.54) is 0 Å². The first-order valence-electron chi connectivity index (χ1n) is 4.99. The van der Waals surface area contributed by atoms with Gasteiger partial charge in [0.15, 0.2) is 0 Å². The first-order chi connectivity index (χ1) is 7.31. The molecule has 0 amide bonds. The van der Waals surface area contributed by atoms with Crippen molar-refractivity contribution in [3.63, 3.8) is 0 Å². The zero-order valence-electron chi connectivity index (χ0n) is 9.11. The van der Waals surface area contributed by atoms with Crippen LogP contribution in [0, 0.1) is 0 Å². The maximum atomic E-state index is 5.07. The molecule has 0 aliphatic heterocycles. The van der Waals surface area contributed by atoms with E-state index in [0.717, 1.165) is 30.8 Å². The van der Waals surface area contributed by atoms with E-state index in [2.05, 4.69) is 37.7 Å². The average Bonchev–Trinajstić information content (AvgIpc) is 2.29. The van der Waals surface area contributed by atoms with Gasteiger partial charge in [-0.3, -0.25) is 0 Å². The topological polar surface area (TPSA) is 38.2 Å². The van der Waals surface area contributed by atoms with Crippen LogP contribution in [0.25, 0.3) is 0 Å². The molecule has 0 aliphatic rings. The molecule has 0 aliphatic carbocycles. The highest BCUT2D eigenvalue weighted by Gasteiger charge is 2.08. The van der Waals surface area contributed by atoms with Crippen LogP contribution in [0.15, 0.2) is 12.3 Å². The molecular weight excluding hydrogens is 258 g/mol. The van der Waals surface area contributed by atoms with Crippen molar-refractivity contribution < 1.29 is 4.74 Å². The monoisotopic (exact) mass is 273 g/mol. The van der Waals surface area contributed by atoms with E-state index in [4.69, 9.17) is 4.74 Å². The number of halogens is 1. The van der Waals surface area contributed by atoms with E-state index < -0.39 is 0 Å². The first-order valence-corrected chi connectivity index (χ1v) is 6.12. The van der Waals surface area contributed by atoms with E-state index in [-0.39, 0.29) is 0 Å². The number of nitrogens with zero attached hydrogens (tertiary/aromatic N) is 3. The molecule has 0 saturated carbocycles. The molecule has 5 heteroatoms. The normalized spacial score (nSPS) is 10.1. The molecule has 0 aromatic carbocycles. The standard InChI is InChI=1S/C10H16BrN3O/c1-3-7-14(8-5-11)10-12-6-4-9(13-10)15-2/h4,6H,3,5,7-8H2,1-2H3. The Morgan fingerprint density at radius 3 is 2.87 bits per heavy atom. The van der Waals surface area contributed by atoms with Crippen molar-refractivity contribution in [3.8, 4) is 5.88 Å². The van der Waals surface area contributed by atoms with Gasteiger partial charge in [0.05, 0.1) is 7.11 Å². The molecule has 0 unspecified atom stereocenters. The van der Waals surface area contributed by atoms with Gasteiger partial charge in [0.25, 0.3) is 0 Å². The lowest BCUT2D eigenvalue weighted by molar-refractivity contribution is 0.396. The number of hydrogen-bond donors (Lipinski definition) is 0. The molecule has 4 nitrogen and oxygen atoms in total. The third kappa shape index (κ3) is 3.66. The molecule has 0 bridgehead atoms. The van der Waals surface area contributed by atoms with Crippen molar-refractivity contribution in [2.24, 2.45) is 0 Å². The fourth-order valence-corrected chi connectivity index (χ4v) is 1.71. The van der Waals surface area contributed by atoms with Crippen LogP contribution in [-0.2, 0) is 0 Å². The summed E-state index contributed by atoms with van der Waals surface area (Å²) >= 11 is 3.42. The predicted octanol–water partition coefficient (Wildman–Crippen LogP) is 2.10. The smallest absolute Gasteiger partial charge is 0.228 e. The van der Waals surface area contributed by atoms with E-state index in [0.29, 0.717) is 5.88 Å². The van der Waals surface area contributed by atoms with Crippen LogP contribution in [-0.4, -0.2) is 35.5 Å². The van der Waals surface area contributed by atoms with Gasteiger partial charge in [-0.25, -0.2) is 4.98 Å². The molecule has 0 atom stereocenters. The summed E-state index contributed by atoms with van der Waals surface area (Å²) in [4.78, 5) is 10.7. The Bertz CT molecular complexity index is 290. The SMILES string of the molecule is CCCN(CCBr)c1nccc(OC)n1. The van der Waals surface area contributed by atoms with Crippen LogP contribution >= 0.6 is 15.9 Å². The highest BCUT2D eigenvalue weighted by Crippen LogP contribution is 2.12. The zero-order valence-corrected chi connectivity index (χ0v) is 10.7. The summed E-state index contributed by atoms with van der Waals surface area (Å²) < 4.78 is 5.07. The highest BCUT2D eigenvalue weighted by atomic mass is 79.9. The van der Waals surface area contributed by atoms with Gasteiger partial charge in [-0.05, 0) is 6.42 Å². The van der Waals surface area contributed by atoms with Crippen LogP contribution in [0.3, 0.4) is 0 Å². The number of hydrogen-bond acceptors (Lipinski definition) is 4. The summed E-state index contributed by atoms with van der Waals surface area (Å²) in [6, 6.07) is 1.75. The molecule has 0 radical (unpaired) electrons.